The highest BCUT2D eigenvalue weighted by Gasteiger charge is 2.32. The average molecular weight is 273 g/mol. The van der Waals surface area contributed by atoms with E-state index in [4.69, 9.17) is 4.42 Å². The summed E-state index contributed by atoms with van der Waals surface area (Å²) in [5.41, 5.74) is 0.0713. The van der Waals surface area contributed by atoms with Gasteiger partial charge in [-0.25, -0.2) is 0 Å². The number of hydrogen-bond donors (Lipinski definition) is 1. The van der Waals surface area contributed by atoms with E-state index in [-0.39, 0.29) is 6.54 Å². The number of halogens is 3. The minimum absolute atomic E-state index is 0.257. The maximum absolute atomic E-state index is 12.4. The number of nitrogens with one attached hydrogen (secondary N) is 1. The van der Waals surface area contributed by atoms with Crippen LogP contribution in [0.15, 0.2) is 29.1 Å². The molecule has 0 aliphatic rings. The maximum Gasteiger partial charge on any atom is 0.419 e. The van der Waals surface area contributed by atoms with E-state index in [9.17, 15) is 13.2 Å². The van der Waals surface area contributed by atoms with Crippen LogP contribution in [0.2, 0.25) is 0 Å². The number of alkyl halides is 3. The molecule has 104 valence electrons. The molecule has 0 unspecified atom stereocenters. The smallest absolute Gasteiger partial charge is 0.419 e. The van der Waals surface area contributed by atoms with Crippen LogP contribution >= 0.6 is 0 Å². The van der Waals surface area contributed by atoms with Gasteiger partial charge in [0.2, 0.25) is 0 Å². The summed E-state index contributed by atoms with van der Waals surface area (Å²) >= 11 is 0. The molecule has 0 fully saturated rings. The van der Waals surface area contributed by atoms with Crippen molar-refractivity contribution < 1.29 is 17.6 Å². The van der Waals surface area contributed by atoms with Gasteiger partial charge in [0.1, 0.15) is 5.76 Å². The standard InChI is InChI=1S/C12H14F3N3O/c1-2-16-6-11-9(3-4-19-11)7-18-8-10(5-17-18)12(13,14)15/h3-5,8,16H,2,6-7H2,1H3. The molecule has 0 aliphatic carbocycles. The summed E-state index contributed by atoms with van der Waals surface area (Å²) in [6, 6.07) is 1.74. The molecule has 0 atom stereocenters. The Morgan fingerprint density at radius 1 is 1.42 bits per heavy atom. The maximum atomic E-state index is 12.4. The molecule has 4 nitrogen and oxygen atoms in total. The second kappa shape index (κ2) is 5.48. The van der Waals surface area contributed by atoms with E-state index >= 15 is 0 Å². The summed E-state index contributed by atoms with van der Waals surface area (Å²) in [6.45, 7) is 3.56. The van der Waals surface area contributed by atoms with Gasteiger partial charge < -0.3 is 9.73 Å². The van der Waals surface area contributed by atoms with Crippen molar-refractivity contribution in [2.24, 2.45) is 0 Å². The van der Waals surface area contributed by atoms with Gasteiger partial charge in [0.15, 0.2) is 0 Å². The highest BCUT2D eigenvalue weighted by atomic mass is 19.4. The lowest BCUT2D eigenvalue weighted by Gasteiger charge is -2.04. The zero-order valence-electron chi connectivity index (χ0n) is 10.4. The van der Waals surface area contributed by atoms with Gasteiger partial charge in [-0.2, -0.15) is 18.3 Å². The van der Waals surface area contributed by atoms with Gasteiger partial charge in [-0.15, -0.1) is 0 Å². The fourth-order valence-electron chi connectivity index (χ4n) is 1.67. The van der Waals surface area contributed by atoms with Gasteiger partial charge in [-0.05, 0) is 12.6 Å². The van der Waals surface area contributed by atoms with Gasteiger partial charge in [-0.1, -0.05) is 6.92 Å². The molecule has 0 bridgehead atoms. The fourth-order valence-corrected chi connectivity index (χ4v) is 1.67. The lowest BCUT2D eigenvalue weighted by Crippen LogP contribution is -2.13. The number of hydrogen-bond acceptors (Lipinski definition) is 3. The molecule has 2 heterocycles. The molecule has 0 amide bonds. The molecule has 2 rings (SSSR count). The van der Waals surface area contributed by atoms with Crippen molar-refractivity contribution in [3.05, 3.63) is 41.6 Å². The van der Waals surface area contributed by atoms with Crippen molar-refractivity contribution >= 4 is 0 Å². The highest BCUT2D eigenvalue weighted by molar-refractivity contribution is 5.18. The minimum atomic E-state index is -4.36. The molecule has 7 heteroatoms. The molecule has 0 saturated carbocycles. The first-order valence-electron chi connectivity index (χ1n) is 5.86. The van der Waals surface area contributed by atoms with E-state index in [1.165, 1.54) is 10.9 Å². The Bertz CT molecular complexity index is 530. The lowest BCUT2D eigenvalue weighted by atomic mass is 10.2. The Morgan fingerprint density at radius 3 is 2.84 bits per heavy atom. The minimum Gasteiger partial charge on any atom is -0.468 e. The van der Waals surface area contributed by atoms with E-state index in [1.807, 2.05) is 6.92 Å². The Hall–Kier alpha value is -1.76. The molecule has 19 heavy (non-hydrogen) atoms. The van der Waals surface area contributed by atoms with E-state index < -0.39 is 11.7 Å². The van der Waals surface area contributed by atoms with Crippen LogP contribution < -0.4 is 5.32 Å². The molecule has 1 N–H and O–H groups in total. The second-order valence-electron chi connectivity index (χ2n) is 4.07. The number of rotatable bonds is 5. The van der Waals surface area contributed by atoms with Crippen molar-refractivity contribution in [2.45, 2.75) is 26.2 Å². The van der Waals surface area contributed by atoms with E-state index in [2.05, 4.69) is 10.4 Å². The predicted octanol–water partition coefficient (Wildman–Crippen LogP) is 2.65. The van der Waals surface area contributed by atoms with Crippen molar-refractivity contribution in [3.63, 3.8) is 0 Å². The number of furan rings is 1. The topological polar surface area (TPSA) is 43.0 Å². The summed E-state index contributed by atoms with van der Waals surface area (Å²) in [6.07, 6.45) is -1.02. The van der Waals surface area contributed by atoms with Gasteiger partial charge in [0.05, 0.1) is 31.1 Å². The Balaban J connectivity index is 2.09. The molecule has 0 spiro atoms. The van der Waals surface area contributed by atoms with Crippen LogP contribution in [0.1, 0.15) is 23.8 Å². The van der Waals surface area contributed by atoms with Crippen LogP contribution in [-0.4, -0.2) is 16.3 Å². The zero-order chi connectivity index (χ0) is 13.9. The van der Waals surface area contributed by atoms with Crippen molar-refractivity contribution in [2.75, 3.05) is 6.54 Å². The second-order valence-corrected chi connectivity index (χ2v) is 4.07. The van der Waals surface area contributed by atoms with Crippen molar-refractivity contribution in [3.8, 4) is 0 Å². The first kappa shape index (κ1) is 13.7. The summed E-state index contributed by atoms with van der Waals surface area (Å²) in [5, 5.41) is 6.82. The third-order valence-electron chi connectivity index (χ3n) is 2.67. The predicted molar refractivity (Wildman–Crippen MR) is 62.4 cm³/mol. The first-order valence-corrected chi connectivity index (χ1v) is 5.86. The van der Waals surface area contributed by atoms with Gasteiger partial charge >= 0.3 is 6.18 Å². The van der Waals surface area contributed by atoms with Crippen molar-refractivity contribution in [1.29, 1.82) is 0 Å². The molecular formula is C12H14F3N3O. The summed E-state index contributed by atoms with van der Waals surface area (Å²) < 4.78 is 43.9. The molecule has 0 aromatic carbocycles. The van der Waals surface area contributed by atoms with Crippen LogP contribution in [0.4, 0.5) is 13.2 Å². The molecule has 0 aliphatic heterocycles. The monoisotopic (exact) mass is 273 g/mol. The van der Waals surface area contributed by atoms with E-state index in [1.54, 1.807) is 6.07 Å². The summed E-state index contributed by atoms with van der Waals surface area (Å²) in [7, 11) is 0. The summed E-state index contributed by atoms with van der Waals surface area (Å²) in [5.74, 6) is 0.714. The third kappa shape index (κ3) is 3.37. The van der Waals surface area contributed by atoms with Crippen molar-refractivity contribution in [1.82, 2.24) is 15.1 Å². The van der Waals surface area contributed by atoms with Crippen LogP contribution in [0.5, 0.6) is 0 Å². The van der Waals surface area contributed by atoms with Gasteiger partial charge in [-0.3, -0.25) is 4.68 Å². The quantitative estimate of drug-likeness (QED) is 0.910. The molecule has 2 aromatic heterocycles. The fraction of sp³-hybridized carbons (Fsp3) is 0.417. The average Bonchev–Trinajstić information content (AvgIpc) is 2.95. The largest absolute Gasteiger partial charge is 0.468 e. The molecular weight excluding hydrogens is 259 g/mol. The van der Waals surface area contributed by atoms with E-state index in [0.717, 1.165) is 24.5 Å². The normalized spacial score (nSPS) is 12.0. The zero-order valence-corrected chi connectivity index (χ0v) is 10.4. The third-order valence-corrected chi connectivity index (χ3v) is 2.67. The first-order chi connectivity index (χ1) is 9.00. The number of nitrogens with zero attached hydrogens (tertiary/aromatic N) is 2. The highest BCUT2D eigenvalue weighted by Crippen LogP contribution is 2.28. The summed E-state index contributed by atoms with van der Waals surface area (Å²) in [4.78, 5) is 0. The molecule has 0 saturated heterocycles. The number of aromatic nitrogens is 2. The molecule has 2 aromatic rings. The van der Waals surface area contributed by atoms with Crippen LogP contribution in [-0.2, 0) is 19.3 Å². The van der Waals surface area contributed by atoms with Crippen LogP contribution in [0, 0.1) is 0 Å². The Labute approximate surface area is 108 Å². The van der Waals surface area contributed by atoms with Gasteiger partial charge in [0, 0.05) is 11.8 Å². The van der Waals surface area contributed by atoms with Crippen LogP contribution in [0.3, 0.4) is 0 Å². The Morgan fingerprint density at radius 2 is 2.21 bits per heavy atom. The lowest BCUT2D eigenvalue weighted by molar-refractivity contribution is -0.137. The van der Waals surface area contributed by atoms with E-state index in [0.29, 0.717) is 12.3 Å². The molecule has 0 radical (unpaired) electrons. The van der Waals surface area contributed by atoms with Gasteiger partial charge in [0.25, 0.3) is 0 Å². The Kier molecular flexibility index (Phi) is 3.94. The SMILES string of the molecule is CCNCc1occc1Cn1cc(C(F)(F)F)cn1. The van der Waals surface area contributed by atoms with Crippen LogP contribution in [0.25, 0.3) is 0 Å².